The van der Waals surface area contributed by atoms with Crippen LogP contribution in [0.2, 0.25) is 0 Å². The molecule has 3 heterocycles. The molecule has 3 aromatic heterocycles. The molecule has 0 aliphatic rings. The van der Waals surface area contributed by atoms with Crippen molar-refractivity contribution in [2.75, 3.05) is 37.8 Å². The molecule has 3 aromatic rings. The third-order valence-electron chi connectivity index (χ3n) is 5.89. The van der Waals surface area contributed by atoms with Crippen molar-refractivity contribution in [3.8, 4) is 0 Å². The Morgan fingerprint density at radius 1 is 0.895 bits per heavy atom. The maximum Gasteiger partial charge on any atom is 0.287 e. The molecule has 3 rings (SSSR count). The second kappa shape index (κ2) is 11.8. The smallest absolute Gasteiger partial charge is 0.287 e. The van der Waals surface area contributed by atoms with Gasteiger partial charge in [-0.3, -0.25) is 24.5 Å². The quantitative estimate of drug-likeness (QED) is 0.199. The normalized spacial score (nSPS) is 11.2. The van der Waals surface area contributed by atoms with Gasteiger partial charge in [-0.25, -0.2) is 0 Å². The van der Waals surface area contributed by atoms with Crippen molar-refractivity contribution in [2.45, 2.75) is 26.3 Å². The average molecular weight is 527 g/mol. The van der Waals surface area contributed by atoms with Gasteiger partial charge in [-0.2, -0.15) is 0 Å². The van der Waals surface area contributed by atoms with Crippen molar-refractivity contribution in [2.24, 2.45) is 14.1 Å². The summed E-state index contributed by atoms with van der Waals surface area (Å²) in [6.07, 6.45) is 5.36. The molecular formula is C25H34N8O5. The minimum atomic E-state index is -0.571. The van der Waals surface area contributed by atoms with Crippen molar-refractivity contribution in [3.05, 3.63) is 64.0 Å². The lowest BCUT2D eigenvalue weighted by molar-refractivity contribution is -0.384. The van der Waals surface area contributed by atoms with Crippen LogP contribution in [0.25, 0.3) is 0 Å². The van der Waals surface area contributed by atoms with Gasteiger partial charge in [0, 0.05) is 45.1 Å². The molecule has 13 heteroatoms. The van der Waals surface area contributed by atoms with Gasteiger partial charge in [-0.05, 0) is 53.0 Å². The van der Waals surface area contributed by atoms with Gasteiger partial charge in [0.2, 0.25) is 0 Å². The number of amides is 3. The molecule has 0 atom stereocenters. The van der Waals surface area contributed by atoms with E-state index >= 15 is 0 Å². The second-order valence-corrected chi connectivity index (χ2v) is 9.61. The number of hydrogen-bond donors (Lipinski definition) is 3. The van der Waals surface area contributed by atoms with Gasteiger partial charge in [-0.1, -0.05) is 0 Å². The Bertz CT molecular complexity index is 1350. The van der Waals surface area contributed by atoms with E-state index in [-0.39, 0.29) is 23.3 Å². The van der Waals surface area contributed by atoms with Gasteiger partial charge in [0.1, 0.15) is 17.1 Å². The molecule has 0 aliphatic heterocycles. The van der Waals surface area contributed by atoms with Crippen LogP contribution < -0.4 is 16.0 Å². The standard InChI is InChI=1S/C25H34N8O5/c1-16(2)32-14-18(28-24(35)21-12-19(33(37)38)15-31(21)6)11-22(32)25(36)27-17-10-20(30(5)13-17)23(34)26-8-7-9-29(3)4/h10-16H,7-9H2,1-6H3,(H,26,34)(H,27,36)(H,28,35). The largest absolute Gasteiger partial charge is 0.351 e. The SMILES string of the molecule is CC(C)n1cc(NC(=O)c2cc([N+](=O)[O-])cn2C)cc1C(=O)Nc1cc(C(=O)NCCCN(C)C)n(C)c1. The summed E-state index contributed by atoms with van der Waals surface area (Å²) in [6.45, 7) is 5.18. The molecular weight excluding hydrogens is 492 g/mol. The highest BCUT2D eigenvalue weighted by molar-refractivity contribution is 6.07. The van der Waals surface area contributed by atoms with Crippen molar-refractivity contribution >= 4 is 34.8 Å². The first kappa shape index (κ1) is 28.2. The number of rotatable bonds is 11. The summed E-state index contributed by atoms with van der Waals surface area (Å²) in [6, 6.07) is 4.23. The number of carbonyl (C=O) groups excluding carboxylic acids is 3. The van der Waals surface area contributed by atoms with E-state index in [4.69, 9.17) is 0 Å². The molecule has 0 fully saturated rings. The minimum absolute atomic E-state index is 0.100. The van der Waals surface area contributed by atoms with E-state index in [9.17, 15) is 24.5 Å². The van der Waals surface area contributed by atoms with Crippen molar-refractivity contribution in [3.63, 3.8) is 0 Å². The molecule has 13 nitrogen and oxygen atoms in total. The molecule has 0 unspecified atom stereocenters. The molecule has 204 valence electrons. The van der Waals surface area contributed by atoms with Crippen molar-refractivity contribution in [1.82, 2.24) is 23.9 Å². The van der Waals surface area contributed by atoms with Gasteiger partial charge in [0.25, 0.3) is 23.4 Å². The molecule has 0 radical (unpaired) electrons. The summed E-state index contributed by atoms with van der Waals surface area (Å²) in [5, 5.41) is 19.4. The van der Waals surface area contributed by atoms with Crippen LogP contribution in [0, 0.1) is 10.1 Å². The minimum Gasteiger partial charge on any atom is -0.351 e. The highest BCUT2D eigenvalue weighted by Gasteiger charge is 2.21. The lowest BCUT2D eigenvalue weighted by Crippen LogP contribution is -2.28. The molecule has 0 saturated heterocycles. The summed E-state index contributed by atoms with van der Waals surface area (Å²) < 4.78 is 4.72. The first-order valence-corrected chi connectivity index (χ1v) is 12.1. The number of carbonyl (C=O) groups is 3. The Hall–Kier alpha value is -4.39. The predicted octanol–water partition coefficient (Wildman–Crippen LogP) is 2.84. The van der Waals surface area contributed by atoms with E-state index in [2.05, 4.69) is 16.0 Å². The van der Waals surface area contributed by atoms with Crippen molar-refractivity contribution < 1.29 is 19.3 Å². The summed E-state index contributed by atoms with van der Waals surface area (Å²) in [5.41, 5.74) is 1.44. The van der Waals surface area contributed by atoms with E-state index in [0.29, 0.717) is 29.3 Å². The number of hydrogen-bond acceptors (Lipinski definition) is 6. The number of nitrogens with zero attached hydrogens (tertiary/aromatic N) is 5. The number of nitro groups is 1. The van der Waals surface area contributed by atoms with E-state index in [1.807, 2.05) is 32.8 Å². The van der Waals surface area contributed by atoms with Crippen LogP contribution in [-0.4, -0.2) is 68.4 Å². The van der Waals surface area contributed by atoms with E-state index in [1.165, 1.54) is 29.9 Å². The van der Waals surface area contributed by atoms with Crippen LogP contribution in [0.1, 0.15) is 57.8 Å². The Morgan fingerprint density at radius 2 is 1.45 bits per heavy atom. The van der Waals surface area contributed by atoms with Crippen LogP contribution in [0.4, 0.5) is 17.1 Å². The summed E-state index contributed by atoms with van der Waals surface area (Å²) in [7, 11) is 7.21. The Labute approximate surface area is 220 Å². The van der Waals surface area contributed by atoms with Crippen LogP contribution in [0.15, 0.2) is 36.8 Å². The molecule has 0 saturated carbocycles. The maximum absolute atomic E-state index is 13.2. The first-order valence-electron chi connectivity index (χ1n) is 12.1. The second-order valence-electron chi connectivity index (χ2n) is 9.61. The zero-order valence-corrected chi connectivity index (χ0v) is 22.4. The fraction of sp³-hybridized carbons (Fsp3) is 0.400. The fourth-order valence-electron chi connectivity index (χ4n) is 3.97. The Balaban J connectivity index is 1.73. The third-order valence-corrected chi connectivity index (χ3v) is 5.89. The van der Waals surface area contributed by atoms with E-state index in [1.54, 1.807) is 34.6 Å². The van der Waals surface area contributed by atoms with Gasteiger partial charge >= 0.3 is 0 Å². The van der Waals surface area contributed by atoms with Gasteiger partial charge in [-0.15, -0.1) is 0 Å². The molecule has 0 aromatic carbocycles. The third kappa shape index (κ3) is 6.68. The summed E-state index contributed by atoms with van der Waals surface area (Å²) in [5.74, 6) is -1.20. The highest BCUT2D eigenvalue weighted by atomic mass is 16.6. The highest BCUT2D eigenvalue weighted by Crippen LogP contribution is 2.23. The van der Waals surface area contributed by atoms with E-state index in [0.717, 1.165) is 13.0 Å². The Morgan fingerprint density at radius 3 is 2.03 bits per heavy atom. The monoisotopic (exact) mass is 526 g/mol. The Kier molecular flexibility index (Phi) is 8.73. The zero-order chi connectivity index (χ0) is 28.1. The van der Waals surface area contributed by atoms with E-state index < -0.39 is 16.7 Å². The average Bonchev–Trinajstić information content (AvgIpc) is 3.53. The first-order chi connectivity index (χ1) is 17.9. The van der Waals surface area contributed by atoms with Gasteiger partial charge < -0.3 is 34.6 Å². The molecule has 0 spiro atoms. The van der Waals surface area contributed by atoms with Crippen LogP contribution in [0.3, 0.4) is 0 Å². The molecule has 38 heavy (non-hydrogen) atoms. The molecule has 3 N–H and O–H groups in total. The number of aromatic nitrogens is 3. The lowest BCUT2D eigenvalue weighted by Gasteiger charge is -2.12. The van der Waals surface area contributed by atoms with Gasteiger partial charge in [0.15, 0.2) is 0 Å². The fourth-order valence-corrected chi connectivity index (χ4v) is 3.97. The van der Waals surface area contributed by atoms with Crippen LogP contribution in [-0.2, 0) is 14.1 Å². The maximum atomic E-state index is 13.2. The molecule has 3 amide bonds. The zero-order valence-electron chi connectivity index (χ0n) is 22.4. The topological polar surface area (TPSA) is 148 Å². The van der Waals surface area contributed by atoms with Crippen LogP contribution >= 0.6 is 0 Å². The lowest BCUT2D eigenvalue weighted by atomic mass is 10.3. The summed E-state index contributed by atoms with van der Waals surface area (Å²) in [4.78, 5) is 51.0. The van der Waals surface area contributed by atoms with Gasteiger partial charge in [0.05, 0.1) is 22.5 Å². The van der Waals surface area contributed by atoms with Crippen molar-refractivity contribution in [1.29, 1.82) is 0 Å². The summed E-state index contributed by atoms with van der Waals surface area (Å²) >= 11 is 0. The molecule has 0 aliphatic carbocycles. The van der Waals surface area contributed by atoms with Crippen LogP contribution in [0.5, 0.6) is 0 Å². The molecule has 0 bridgehead atoms. The predicted molar refractivity (Wildman–Crippen MR) is 144 cm³/mol. The number of aryl methyl sites for hydroxylation is 2. The number of anilines is 2. The number of nitrogens with one attached hydrogen (secondary N) is 3.